The Hall–Kier alpha value is -4.77. The third-order valence-electron chi connectivity index (χ3n) is 7.01. The van der Waals surface area contributed by atoms with E-state index in [4.69, 9.17) is 15.9 Å². The quantitative estimate of drug-likeness (QED) is 0.147. The van der Waals surface area contributed by atoms with E-state index >= 15 is 0 Å². The zero-order valence-electron chi connectivity index (χ0n) is 22.6. The number of carbonyl (C=O) groups excluding carboxylic acids is 2. The van der Waals surface area contributed by atoms with Crippen LogP contribution in [-0.4, -0.2) is 59.1 Å². The van der Waals surface area contributed by atoms with Crippen LogP contribution in [0.1, 0.15) is 63.5 Å². The van der Waals surface area contributed by atoms with Gasteiger partial charge >= 0.3 is 5.97 Å². The van der Waals surface area contributed by atoms with E-state index in [1.165, 1.54) is 37.4 Å². The molecule has 0 aliphatic heterocycles. The zero-order valence-corrected chi connectivity index (χ0v) is 22.6. The van der Waals surface area contributed by atoms with Crippen LogP contribution in [0.25, 0.3) is 11.1 Å². The van der Waals surface area contributed by atoms with Crippen molar-refractivity contribution >= 4 is 29.3 Å². The first-order valence-corrected chi connectivity index (χ1v) is 12.7. The third-order valence-corrected chi connectivity index (χ3v) is 7.01. The maximum atomic E-state index is 13.3. The van der Waals surface area contributed by atoms with Crippen molar-refractivity contribution in [2.24, 2.45) is 11.1 Å². The number of carboxylic acid groups (broad SMARTS) is 1. The molecule has 40 heavy (non-hydrogen) atoms. The number of amides is 2. The van der Waals surface area contributed by atoms with Crippen molar-refractivity contribution in [3.8, 4) is 17.0 Å². The minimum absolute atomic E-state index is 0.0875. The summed E-state index contributed by atoms with van der Waals surface area (Å²) in [5, 5.41) is 32.8. The first-order valence-electron chi connectivity index (χ1n) is 12.7. The number of benzene rings is 2. The number of amidine groups is 1. The molecule has 0 fully saturated rings. The Morgan fingerprint density at radius 1 is 0.975 bits per heavy atom. The van der Waals surface area contributed by atoms with Crippen LogP contribution in [0.3, 0.4) is 0 Å². The molecule has 0 bridgehead atoms. The molecule has 0 aliphatic carbocycles. The van der Waals surface area contributed by atoms with E-state index in [9.17, 15) is 24.6 Å². The molecule has 0 atom stereocenters. The van der Waals surface area contributed by atoms with Gasteiger partial charge in [-0.05, 0) is 60.9 Å². The first-order chi connectivity index (χ1) is 19.1. The topological polar surface area (TPSA) is 188 Å². The largest absolute Gasteiger partial charge is 0.481 e. The predicted molar refractivity (Wildman–Crippen MR) is 151 cm³/mol. The van der Waals surface area contributed by atoms with Crippen molar-refractivity contribution in [1.82, 2.24) is 10.3 Å². The molecule has 11 heteroatoms. The van der Waals surface area contributed by atoms with E-state index < -0.39 is 23.2 Å². The molecule has 0 aliphatic rings. The lowest BCUT2D eigenvalue weighted by Crippen LogP contribution is -2.39. The van der Waals surface area contributed by atoms with E-state index in [0.29, 0.717) is 24.1 Å². The molecule has 210 valence electrons. The van der Waals surface area contributed by atoms with Crippen molar-refractivity contribution in [2.75, 3.05) is 25.6 Å². The molecule has 0 unspecified atom stereocenters. The average molecular weight is 548 g/mol. The molecule has 0 saturated carbocycles. The van der Waals surface area contributed by atoms with Gasteiger partial charge in [0.2, 0.25) is 5.88 Å². The normalized spacial score (nSPS) is 11.0. The number of carbonyl (C=O) groups is 3. The number of hydrogen-bond acceptors (Lipinski definition) is 7. The van der Waals surface area contributed by atoms with Gasteiger partial charge in [0.1, 0.15) is 11.5 Å². The molecule has 0 spiro atoms. The van der Waals surface area contributed by atoms with Gasteiger partial charge in [0.25, 0.3) is 11.8 Å². The molecule has 3 rings (SSSR count). The molecule has 3 aromatic rings. The summed E-state index contributed by atoms with van der Waals surface area (Å²) in [6.07, 6.45) is 1.32. The number of carboxylic acids is 1. The molecule has 7 N–H and O–H groups in total. The highest BCUT2D eigenvalue weighted by molar-refractivity contribution is 6.10. The van der Waals surface area contributed by atoms with Gasteiger partial charge in [-0.1, -0.05) is 19.9 Å². The Morgan fingerprint density at radius 2 is 1.60 bits per heavy atom. The van der Waals surface area contributed by atoms with Crippen molar-refractivity contribution in [2.45, 2.75) is 26.7 Å². The van der Waals surface area contributed by atoms with Crippen molar-refractivity contribution in [1.29, 1.82) is 5.41 Å². The number of methoxy groups -OCH3 is 1. The summed E-state index contributed by atoms with van der Waals surface area (Å²) < 4.78 is 5.18. The summed E-state index contributed by atoms with van der Waals surface area (Å²) in [6, 6.07) is 13.5. The van der Waals surface area contributed by atoms with Crippen molar-refractivity contribution in [3.05, 3.63) is 77.0 Å². The fraction of sp³-hybridized carbons (Fsp3) is 0.276. The van der Waals surface area contributed by atoms with Crippen molar-refractivity contribution in [3.63, 3.8) is 0 Å². The highest BCUT2D eigenvalue weighted by Crippen LogP contribution is 2.30. The number of aliphatic hydroxyl groups excluding tert-OH is 1. The number of nitrogens with two attached hydrogens (primary N) is 1. The van der Waals surface area contributed by atoms with Crippen LogP contribution in [0.15, 0.2) is 54.6 Å². The number of ether oxygens (including phenoxy) is 1. The Bertz CT molecular complexity index is 1410. The molecule has 11 nitrogen and oxygen atoms in total. The number of pyridine rings is 1. The van der Waals surface area contributed by atoms with Gasteiger partial charge in [0.05, 0.1) is 19.3 Å². The standard InChI is InChI=1S/C29H33N5O6/c1-4-29(5-2,16-35)15-32-26(36)18-8-11-20(22(14-18)28(38)39)21-12-13-23(40-3)34-24(21)27(37)33-19-9-6-17(7-10-19)25(30)31/h6-14,35H,4-5,15-16H2,1-3H3,(H3,30,31)(H,32,36)(H,33,37)(H,38,39). The molecule has 1 heterocycles. The summed E-state index contributed by atoms with van der Waals surface area (Å²) >= 11 is 0. The second kappa shape index (κ2) is 12.9. The average Bonchev–Trinajstić information content (AvgIpc) is 2.97. The number of nitrogens with one attached hydrogen (secondary N) is 3. The monoisotopic (exact) mass is 547 g/mol. The van der Waals surface area contributed by atoms with Gasteiger partial charge in [0, 0.05) is 40.4 Å². The van der Waals surface area contributed by atoms with Gasteiger partial charge < -0.3 is 31.3 Å². The SMILES string of the molecule is CCC(CC)(CO)CNC(=O)c1ccc(-c2ccc(OC)nc2C(=O)Nc2ccc(C(=N)N)cc2)c(C(=O)O)c1. The van der Waals surface area contributed by atoms with Gasteiger partial charge in [-0.3, -0.25) is 15.0 Å². The highest BCUT2D eigenvalue weighted by atomic mass is 16.5. The predicted octanol–water partition coefficient (Wildman–Crippen LogP) is 3.52. The second-order valence-electron chi connectivity index (χ2n) is 9.31. The second-order valence-corrected chi connectivity index (χ2v) is 9.31. The van der Waals surface area contributed by atoms with Crippen LogP contribution in [0.2, 0.25) is 0 Å². The number of aromatic nitrogens is 1. The number of aliphatic hydroxyl groups is 1. The van der Waals surface area contributed by atoms with Gasteiger partial charge in [0.15, 0.2) is 0 Å². The maximum absolute atomic E-state index is 13.3. The third kappa shape index (κ3) is 6.62. The van der Waals surface area contributed by atoms with Crippen LogP contribution < -0.4 is 21.1 Å². The van der Waals surface area contributed by atoms with Crippen LogP contribution in [0.5, 0.6) is 5.88 Å². The van der Waals surface area contributed by atoms with E-state index in [1.807, 2.05) is 13.8 Å². The Kier molecular flexibility index (Phi) is 9.57. The summed E-state index contributed by atoms with van der Waals surface area (Å²) in [5.74, 6) is -2.36. The summed E-state index contributed by atoms with van der Waals surface area (Å²) in [7, 11) is 1.39. The fourth-order valence-corrected chi connectivity index (χ4v) is 4.12. The number of anilines is 1. The minimum Gasteiger partial charge on any atom is -0.481 e. The summed E-state index contributed by atoms with van der Waals surface area (Å²) in [6.45, 7) is 4.01. The molecule has 2 amide bonds. The smallest absolute Gasteiger partial charge is 0.336 e. The molecule has 1 aromatic heterocycles. The number of nitrogen functional groups attached to an aromatic ring is 1. The number of aromatic carboxylic acids is 1. The molecule has 0 saturated heterocycles. The minimum atomic E-state index is -1.29. The lowest BCUT2D eigenvalue weighted by molar-refractivity contribution is 0.0697. The van der Waals surface area contributed by atoms with Gasteiger partial charge in [-0.25, -0.2) is 9.78 Å². The Labute approximate surface area is 231 Å². The maximum Gasteiger partial charge on any atom is 0.336 e. The lowest BCUT2D eigenvalue weighted by Gasteiger charge is -2.29. The Balaban J connectivity index is 1.98. The molecular formula is C29H33N5O6. The van der Waals surface area contributed by atoms with Gasteiger partial charge in [-0.2, -0.15) is 0 Å². The fourth-order valence-electron chi connectivity index (χ4n) is 4.12. The van der Waals surface area contributed by atoms with E-state index in [1.54, 1.807) is 24.3 Å². The number of rotatable bonds is 12. The number of hydrogen-bond donors (Lipinski definition) is 6. The van der Waals surface area contributed by atoms with Crippen molar-refractivity contribution < 1.29 is 29.3 Å². The number of nitrogens with zero attached hydrogens (tertiary/aromatic N) is 1. The summed E-state index contributed by atoms with van der Waals surface area (Å²) in [5.41, 5.74) is 6.16. The van der Waals surface area contributed by atoms with Gasteiger partial charge in [-0.15, -0.1) is 0 Å². The van der Waals surface area contributed by atoms with E-state index in [0.717, 1.165) is 0 Å². The summed E-state index contributed by atoms with van der Waals surface area (Å²) in [4.78, 5) is 42.7. The van der Waals surface area contributed by atoms with E-state index in [-0.39, 0.29) is 52.8 Å². The first kappa shape index (κ1) is 29.8. The van der Waals surface area contributed by atoms with Crippen LogP contribution in [-0.2, 0) is 0 Å². The van der Waals surface area contributed by atoms with E-state index in [2.05, 4.69) is 15.6 Å². The molecular weight excluding hydrogens is 514 g/mol. The molecule has 0 radical (unpaired) electrons. The van der Waals surface area contributed by atoms with Crippen LogP contribution >= 0.6 is 0 Å². The van der Waals surface area contributed by atoms with Crippen LogP contribution in [0.4, 0.5) is 5.69 Å². The Morgan fingerprint density at radius 3 is 2.15 bits per heavy atom. The molecule has 2 aromatic carbocycles. The van der Waals surface area contributed by atoms with Crippen LogP contribution in [0, 0.1) is 10.8 Å². The highest BCUT2D eigenvalue weighted by Gasteiger charge is 2.27. The lowest BCUT2D eigenvalue weighted by atomic mass is 9.83. The zero-order chi connectivity index (χ0) is 29.4.